The van der Waals surface area contributed by atoms with Crippen LogP contribution in [-0.2, 0) is 13.6 Å². The Morgan fingerprint density at radius 1 is 1.33 bits per heavy atom. The van der Waals surface area contributed by atoms with E-state index in [1.807, 2.05) is 0 Å². The molecule has 1 rings (SSSR count). The Hall–Kier alpha value is 1.11. The van der Waals surface area contributed by atoms with Crippen molar-refractivity contribution >= 4 is 7.82 Å². The van der Waals surface area contributed by atoms with Crippen molar-refractivity contribution in [2.24, 2.45) is 0 Å². The molecule has 0 aromatic heterocycles. The van der Waals surface area contributed by atoms with Crippen molar-refractivity contribution in [2.45, 2.75) is 6.42 Å². The summed E-state index contributed by atoms with van der Waals surface area (Å²) in [5.41, 5.74) is 0. The fourth-order valence-electron chi connectivity index (χ4n) is 0.449. The Balaban J connectivity index is 0.000000640. The van der Waals surface area contributed by atoms with Crippen LogP contribution in [0.1, 0.15) is 6.42 Å². The van der Waals surface area contributed by atoms with Crippen molar-refractivity contribution in [1.82, 2.24) is 0 Å². The zero-order chi connectivity index (χ0) is 6.04. The fourth-order valence-corrected chi connectivity index (χ4v) is 1.23. The molecule has 4 nitrogen and oxygen atoms in total. The number of hydrogen-bond donors (Lipinski definition) is 0. The summed E-state index contributed by atoms with van der Waals surface area (Å²) in [6, 6.07) is 0. The van der Waals surface area contributed by atoms with E-state index in [0.717, 1.165) is 0 Å². The third-order valence-corrected chi connectivity index (χ3v) is 1.79. The van der Waals surface area contributed by atoms with Gasteiger partial charge in [-0.25, -0.2) is 0 Å². The Bertz CT molecular complexity index is 117. The number of rotatable bonds is 0. The van der Waals surface area contributed by atoms with Crippen LogP contribution in [0.3, 0.4) is 0 Å². The number of phosphoric acid groups is 1. The van der Waals surface area contributed by atoms with Gasteiger partial charge in [0, 0.05) is 0 Å². The van der Waals surface area contributed by atoms with E-state index in [0.29, 0.717) is 6.42 Å². The van der Waals surface area contributed by atoms with Gasteiger partial charge in [-0.05, 0) is 6.42 Å². The zero-order valence-electron chi connectivity index (χ0n) is 5.20. The molecule has 6 heteroatoms. The van der Waals surface area contributed by atoms with Crippen LogP contribution >= 0.6 is 7.82 Å². The van der Waals surface area contributed by atoms with Gasteiger partial charge in [0.15, 0.2) is 0 Å². The molecule has 0 aliphatic carbocycles. The van der Waals surface area contributed by atoms with E-state index in [9.17, 15) is 9.46 Å². The van der Waals surface area contributed by atoms with Crippen molar-refractivity contribution in [2.75, 3.05) is 13.2 Å². The van der Waals surface area contributed by atoms with E-state index >= 15 is 0 Å². The molecule has 0 saturated carbocycles. The van der Waals surface area contributed by atoms with Crippen molar-refractivity contribution in [3.05, 3.63) is 0 Å². The predicted octanol–water partition coefficient (Wildman–Crippen LogP) is -3.10. The molecule has 1 aliphatic rings. The van der Waals surface area contributed by atoms with Crippen molar-refractivity contribution < 1.29 is 48.1 Å². The number of phosphoric ester groups is 1. The summed E-state index contributed by atoms with van der Waals surface area (Å²) >= 11 is 0. The van der Waals surface area contributed by atoms with Gasteiger partial charge in [0.05, 0.1) is 13.2 Å². The van der Waals surface area contributed by atoms with Gasteiger partial charge in [0.2, 0.25) is 0 Å². The van der Waals surface area contributed by atoms with Gasteiger partial charge in [-0.3, -0.25) is 4.57 Å². The minimum atomic E-state index is -3.84. The first kappa shape index (κ1) is 10.1. The minimum Gasteiger partial charge on any atom is -0.756 e. The molecule has 9 heavy (non-hydrogen) atoms. The van der Waals surface area contributed by atoms with Gasteiger partial charge in [-0.2, -0.15) is 0 Å². The van der Waals surface area contributed by atoms with Gasteiger partial charge >= 0.3 is 29.6 Å². The maximum Gasteiger partial charge on any atom is 1.00 e. The molecule has 0 atom stereocenters. The molecule has 0 aromatic carbocycles. The second-order valence-corrected chi connectivity index (χ2v) is 2.88. The van der Waals surface area contributed by atoms with E-state index in [1.54, 1.807) is 0 Å². The number of hydrogen-bond acceptors (Lipinski definition) is 4. The molecule has 0 radical (unpaired) electrons. The second kappa shape index (κ2) is 4.09. The van der Waals surface area contributed by atoms with E-state index in [-0.39, 0.29) is 42.8 Å². The molecule has 1 fully saturated rings. The predicted molar refractivity (Wildman–Crippen MR) is 24.1 cm³/mol. The monoisotopic (exact) mass is 160 g/mol. The molecule has 48 valence electrons. The fraction of sp³-hybridized carbons (Fsp3) is 1.00. The SMILES string of the molecule is O=P1([O-])OCCCO1.[Na+]. The van der Waals surface area contributed by atoms with E-state index < -0.39 is 7.82 Å². The molecule has 0 aromatic rings. The van der Waals surface area contributed by atoms with Crippen LogP contribution in [0.2, 0.25) is 0 Å². The van der Waals surface area contributed by atoms with Crippen LogP contribution in [0.15, 0.2) is 0 Å². The van der Waals surface area contributed by atoms with Crippen LogP contribution in [-0.4, -0.2) is 13.2 Å². The van der Waals surface area contributed by atoms with Gasteiger partial charge in [0.1, 0.15) is 0 Å². The Labute approximate surface area is 75.4 Å². The van der Waals surface area contributed by atoms with Gasteiger partial charge in [-0.15, -0.1) is 0 Å². The van der Waals surface area contributed by atoms with Gasteiger partial charge < -0.3 is 13.9 Å². The van der Waals surface area contributed by atoms with Crippen molar-refractivity contribution in [3.8, 4) is 0 Å². The summed E-state index contributed by atoms with van der Waals surface area (Å²) in [4.78, 5) is 10.2. The van der Waals surface area contributed by atoms with E-state index in [1.165, 1.54) is 0 Å². The first-order valence-corrected chi connectivity index (χ1v) is 3.77. The van der Waals surface area contributed by atoms with Crippen LogP contribution in [0, 0.1) is 0 Å². The quantitative estimate of drug-likeness (QED) is 0.278. The maximum atomic E-state index is 10.2. The van der Waals surface area contributed by atoms with E-state index in [2.05, 4.69) is 9.05 Å². The molecule has 0 amide bonds. The smallest absolute Gasteiger partial charge is 0.756 e. The molecular weight excluding hydrogens is 154 g/mol. The summed E-state index contributed by atoms with van der Waals surface area (Å²) in [5, 5.41) is 0. The molecule has 1 saturated heterocycles. The summed E-state index contributed by atoms with van der Waals surface area (Å²) in [6.07, 6.45) is 0.659. The summed E-state index contributed by atoms with van der Waals surface area (Å²) in [6.45, 7) is 0.529. The standard InChI is InChI=1S/C3H7O4P.Na/c4-8(5)6-2-1-3-7-8;/h1-3H2,(H,4,5);/q;+1/p-1. The minimum absolute atomic E-state index is 0. The van der Waals surface area contributed by atoms with Crippen LogP contribution in [0.25, 0.3) is 0 Å². The van der Waals surface area contributed by atoms with Crippen molar-refractivity contribution in [3.63, 3.8) is 0 Å². The normalized spacial score (nSPS) is 24.6. The Morgan fingerprint density at radius 3 is 2.00 bits per heavy atom. The summed E-state index contributed by atoms with van der Waals surface area (Å²) < 4.78 is 18.7. The topological polar surface area (TPSA) is 58.6 Å². The van der Waals surface area contributed by atoms with E-state index in [4.69, 9.17) is 0 Å². The average molecular weight is 160 g/mol. The first-order valence-electron chi connectivity index (χ1n) is 2.31. The second-order valence-electron chi connectivity index (χ2n) is 1.47. The third kappa shape index (κ3) is 3.73. The Morgan fingerprint density at radius 2 is 1.78 bits per heavy atom. The first-order chi connectivity index (χ1) is 3.71. The summed E-state index contributed by atoms with van der Waals surface area (Å²) in [7, 11) is -3.84. The van der Waals surface area contributed by atoms with Gasteiger partial charge in [-0.1, -0.05) is 0 Å². The van der Waals surface area contributed by atoms with Gasteiger partial charge in [0.25, 0.3) is 7.82 Å². The molecule has 0 N–H and O–H groups in total. The summed E-state index contributed by atoms with van der Waals surface area (Å²) in [5.74, 6) is 0. The Kier molecular flexibility index (Phi) is 4.59. The zero-order valence-corrected chi connectivity index (χ0v) is 8.10. The molecular formula is C3H6NaO4P. The largest absolute Gasteiger partial charge is 1.00 e. The molecule has 0 spiro atoms. The van der Waals surface area contributed by atoms with Crippen LogP contribution < -0.4 is 34.5 Å². The average Bonchev–Trinajstić information content (AvgIpc) is 1.65. The van der Waals surface area contributed by atoms with Crippen molar-refractivity contribution in [1.29, 1.82) is 0 Å². The molecule has 0 bridgehead atoms. The van der Waals surface area contributed by atoms with Crippen LogP contribution in [0.5, 0.6) is 0 Å². The molecule has 1 heterocycles. The van der Waals surface area contributed by atoms with Crippen LogP contribution in [0.4, 0.5) is 0 Å². The third-order valence-electron chi connectivity index (χ3n) is 0.787. The maximum absolute atomic E-state index is 10.2. The molecule has 0 unspecified atom stereocenters. The molecule has 1 aliphatic heterocycles.